The van der Waals surface area contributed by atoms with Crippen LogP contribution in [-0.4, -0.2) is 64.7 Å². The minimum Gasteiger partial charge on any atom is -0.355 e. The van der Waals surface area contributed by atoms with Gasteiger partial charge in [-0.2, -0.15) is 4.52 Å². The molecule has 1 atom stereocenters. The van der Waals surface area contributed by atoms with E-state index in [4.69, 9.17) is 4.98 Å². The Hall–Kier alpha value is -2.00. The number of anilines is 1. The highest BCUT2D eigenvalue weighted by atomic mass is 32.1. The zero-order chi connectivity index (χ0) is 21.2. The van der Waals surface area contributed by atoms with Gasteiger partial charge in [0.15, 0.2) is 0 Å². The summed E-state index contributed by atoms with van der Waals surface area (Å²) in [6.07, 6.45) is 9.58. The highest BCUT2D eigenvalue weighted by molar-refractivity contribution is 7.20. The Balaban J connectivity index is 1.23. The monoisotopic (exact) mass is 444 g/mol. The fourth-order valence-electron chi connectivity index (χ4n) is 5.12. The number of amides is 1. The minimum atomic E-state index is -0.0278. The van der Waals surface area contributed by atoms with E-state index in [2.05, 4.69) is 20.2 Å². The molecule has 0 aromatic carbocycles. The van der Waals surface area contributed by atoms with Gasteiger partial charge in [-0.05, 0) is 64.5 Å². The predicted octanol–water partition coefficient (Wildman–Crippen LogP) is 1.85. The lowest BCUT2D eigenvalue weighted by atomic mass is 9.97. The number of rotatable bonds is 5. The van der Waals surface area contributed by atoms with E-state index in [1.54, 1.807) is 0 Å². The molecule has 0 bridgehead atoms. The lowest BCUT2D eigenvalue weighted by Gasteiger charge is -2.32. The number of carbonyl (C=O) groups excluding carboxylic acids is 1. The summed E-state index contributed by atoms with van der Waals surface area (Å²) in [5.74, 6) is 0.119. The summed E-state index contributed by atoms with van der Waals surface area (Å²) in [6, 6.07) is 0. The number of nitrogens with zero attached hydrogens (tertiary/aromatic N) is 5. The first-order chi connectivity index (χ1) is 15.2. The molecule has 5 rings (SSSR count). The summed E-state index contributed by atoms with van der Waals surface area (Å²) >= 11 is 1.47. The SMILES string of the molecule is O=C(NCCN1CCCCC1)C1CCCN(c2nn3c(=O)c4c(nc3s2)CCCC4)C1. The van der Waals surface area contributed by atoms with E-state index in [0.29, 0.717) is 11.5 Å². The van der Waals surface area contributed by atoms with Crippen LogP contribution in [0.4, 0.5) is 5.13 Å². The summed E-state index contributed by atoms with van der Waals surface area (Å²) in [6.45, 7) is 5.50. The van der Waals surface area contributed by atoms with Crippen LogP contribution in [0.5, 0.6) is 0 Å². The third-order valence-electron chi connectivity index (χ3n) is 6.91. The lowest BCUT2D eigenvalue weighted by molar-refractivity contribution is -0.125. The molecule has 1 aliphatic carbocycles. The van der Waals surface area contributed by atoms with Gasteiger partial charge in [0.1, 0.15) is 0 Å². The van der Waals surface area contributed by atoms with Crippen molar-refractivity contribution in [3.63, 3.8) is 0 Å². The molecule has 2 aliphatic heterocycles. The molecule has 2 aromatic heterocycles. The van der Waals surface area contributed by atoms with Crippen molar-refractivity contribution in [2.24, 2.45) is 5.92 Å². The highest BCUT2D eigenvalue weighted by Crippen LogP contribution is 2.28. The lowest BCUT2D eigenvalue weighted by Crippen LogP contribution is -2.45. The van der Waals surface area contributed by atoms with Crippen molar-refractivity contribution in [2.45, 2.75) is 57.8 Å². The number of likely N-dealkylation sites (tertiary alicyclic amines) is 1. The Labute approximate surface area is 186 Å². The van der Waals surface area contributed by atoms with Crippen LogP contribution >= 0.6 is 11.3 Å². The molecule has 8 nitrogen and oxygen atoms in total. The van der Waals surface area contributed by atoms with Gasteiger partial charge >= 0.3 is 0 Å². The number of piperidine rings is 2. The normalized spacial score (nSPS) is 22.5. The summed E-state index contributed by atoms with van der Waals surface area (Å²) in [4.78, 5) is 35.7. The van der Waals surface area contributed by atoms with Gasteiger partial charge < -0.3 is 15.1 Å². The maximum atomic E-state index is 12.9. The van der Waals surface area contributed by atoms with Gasteiger partial charge in [0, 0.05) is 31.7 Å². The van der Waals surface area contributed by atoms with Crippen molar-refractivity contribution < 1.29 is 4.79 Å². The van der Waals surface area contributed by atoms with Gasteiger partial charge in [0.05, 0.1) is 11.6 Å². The van der Waals surface area contributed by atoms with E-state index in [9.17, 15) is 9.59 Å². The van der Waals surface area contributed by atoms with Gasteiger partial charge in [0.25, 0.3) is 5.56 Å². The van der Waals surface area contributed by atoms with Crippen molar-refractivity contribution in [2.75, 3.05) is 44.2 Å². The molecule has 0 spiro atoms. The number of hydrogen-bond donors (Lipinski definition) is 1. The summed E-state index contributed by atoms with van der Waals surface area (Å²) < 4.78 is 1.48. The molecule has 2 aromatic rings. The van der Waals surface area contributed by atoms with Gasteiger partial charge in [0.2, 0.25) is 16.0 Å². The molecule has 2 fully saturated rings. The largest absolute Gasteiger partial charge is 0.355 e. The number of fused-ring (bicyclic) bond motifs is 2. The third-order valence-corrected chi connectivity index (χ3v) is 7.88. The fourth-order valence-corrected chi connectivity index (χ4v) is 6.07. The second-order valence-electron chi connectivity index (χ2n) is 9.11. The van der Waals surface area contributed by atoms with Crippen LogP contribution in [0, 0.1) is 5.92 Å². The Morgan fingerprint density at radius 2 is 1.90 bits per heavy atom. The van der Waals surface area contributed by atoms with E-state index in [1.165, 1.54) is 35.1 Å². The first-order valence-corrected chi connectivity index (χ1v) is 12.7. The molecule has 31 heavy (non-hydrogen) atoms. The van der Waals surface area contributed by atoms with Crippen LogP contribution in [0.3, 0.4) is 0 Å². The van der Waals surface area contributed by atoms with E-state index >= 15 is 0 Å². The summed E-state index contributed by atoms with van der Waals surface area (Å²) in [5.41, 5.74) is 1.78. The van der Waals surface area contributed by atoms with Gasteiger partial charge in [-0.3, -0.25) is 9.59 Å². The van der Waals surface area contributed by atoms with E-state index in [-0.39, 0.29) is 17.4 Å². The molecular formula is C22H32N6O2S. The average Bonchev–Trinajstić information content (AvgIpc) is 3.24. The van der Waals surface area contributed by atoms with Crippen molar-refractivity contribution in [3.05, 3.63) is 21.6 Å². The number of nitrogens with one attached hydrogen (secondary N) is 1. The highest BCUT2D eigenvalue weighted by Gasteiger charge is 2.28. The smallest absolute Gasteiger partial charge is 0.278 e. The average molecular weight is 445 g/mol. The molecule has 3 aliphatic rings. The first kappa shape index (κ1) is 20.9. The quantitative estimate of drug-likeness (QED) is 0.758. The minimum absolute atomic E-state index is 0.00813. The van der Waals surface area contributed by atoms with Crippen molar-refractivity contribution in [1.82, 2.24) is 24.8 Å². The standard InChI is InChI=1S/C22H32N6O2S/c29-19(23-10-14-26-11-4-1-5-12-26)16-7-6-13-27(15-16)22-25-28-20(30)17-8-2-3-9-18(17)24-21(28)31-22/h16H,1-15H2,(H,23,29). The Morgan fingerprint density at radius 1 is 1.06 bits per heavy atom. The Morgan fingerprint density at radius 3 is 2.77 bits per heavy atom. The first-order valence-electron chi connectivity index (χ1n) is 11.9. The third kappa shape index (κ3) is 4.48. The van der Waals surface area contributed by atoms with Crippen LogP contribution in [0.25, 0.3) is 4.96 Å². The molecule has 9 heteroatoms. The maximum absolute atomic E-state index is 12.9. The van der Waals surface area contributed by atoms with Gasteiger partial charge in [-0.15, -0.1) is 5.10 Å². The van der Waals surface area contributed by atoms with Crippen LogP contribution in [-0.2, 0) is 17.6 Å². The molecule has 1 amide bonds. The number of aromatic nitrogens is 3. The van der Waals surface area contributed by atoms with Crippen LogP contribution < -0.4 is 15.8 Å². The van der Waals surface area contributed by atoms with Crippen LogP contribution in [0.2, 0.25) is 0 Å². The van der Waals surface area contributed by atoms with Crippen molar-refractivity contribution >= 4 is 27.3 Å². The summed E-state index contributed by atoms with van der Waals surface area (Å²) in [5, 5.41) is 8.57. The van der Waals surface area contributed by atoms with Gasteiger partial charge in [-0.25, -0.2) is 4.98 Å². The molecule has 4 heterocycles. The molecule has 168 valence electrons. The van der Waals surface area contributed by atoms with E-state index < -0.39 is 0 Å². The molecule has 0 saturated carbocycles. The molecule has 2 saturated heterocycles. The van der Waals surface area contributed by atoms with Gasteiger partial charge in [-0.1, -0.05) is 17.8 Å². The number of carbonyl (C=O) groups is 1. The van der Waals surface area contributed by atoms with Crippen LogP contribution in [0.15, 0.2) is 4.79 Å². The number of hydrogen-bond acceptors (Lipinski definition) is 7. The number of aryl methyl sites for hydroxylation is 1. The zero-order valence-electron chi connectivity index (χ0n) is 18.1. The Kier molecular flexibility index (Phi) is 6.22. The topological polar surface area (TPSA) is 82.8 Å². The molecule has 0 radical (unpaired) electrons. The van der Waals surface area contributed by atoms with Crippen molar-refractivity contribution in [3.8, 4) is 0 Å². The predicted molar refractivity (Wildman–Crippen MR) is 122 cm³/mol. The second kappa shape index (κ2) is 9.24. The van der Waals surface area contributed by atoms with E-state index in [0.717, 1.165) is 87.6 Å². The maximum Gasteiger partial charge on any atom is 0.278 e. The second-order valence-corrected chi connectivity index (χ2v) is 10.0. The molecule has 1 unspecified atom stereocenters. The van der Waals surface area contributed by atoms with Crippen LogP contribution in [0.1, 0.15) is 56.2 Å². The fraction of sp³-hybridized carbons (Fsp3) is 0.727. The van der Waals surface area contributed by atoms with E-state index in [1.807, 2.05) is 0 Å². The molecule has 1 N–H and O–H groups in total. The summed E-state index contributed by atoms with van der Waals surface area (Å²) in [7, 11) is 0. The molecular weight excluding hydrogens is 412 g/mol. The Bertz CT molecular complexity index is 996. The van der Waals surface area contributed by atoms with Crippen molar-refractivity contribution in [1.29, 1.82) is 0 Å². The zero-order valence-corrected chi connectivity index (χ0v) is 19.0.